The fourth-order valence-electron chi connectivity index (χ4n) is 2.85. The van der Waals surface area contributed by atoms with E-state index in [1.807, 2.05) is 0 Å². The molecule has 0 unspecified atom stereocenters. The molecule has 1 aromatic rings. The van der Waals surface area contributed by atoms with E-state index in [4.69, 9.17) is 4.74 Å². The smallest absolute Gasteiger partial charge is 0.338 e. The summed E-state index contributed by atoms with van der Waals surface area (Å²) in [6, 6.07) is 7.47. The molecule has 140 valence electrons. The fraction of sp³-hybridized carbons (Fsp3) is 0.471. The third-order valence-corrected chi connectivity index (χ3v) is 5.69. The highest BCUT2D eigenvalue weighted by Crippen LogP contribution is 2.27. The summed E-state index contributed by atoms with van der Waals surface area (Å²) < 4.78 is 30.6. The Morgan fingerprint density at radius 1 is 1.27 bits per heavy atom. The van der Waals surface area contributed by atoms with Crippen LogP contribution < -0.4 is 10.0 Å². The third-order valence-electron chi connectivity index (χ3n) is 4.28. The lowest BCUT2D eigenvalue weighted by atomic mass is 9.83. The number of hydrogen-bond donors (Lipinski definition) is 2. The number of amides is 1. The van der Waals surface area contributed by atoms with Gasteiger partial charge in [0.1, 0.15) is 5.54 Å². The molecule has 2 N–H and O–H groups in total. The first-order chi connectivity index (χ1) is 12.3. The number of nitrogens with zero attached hydrogens (tertiary/aromatic N) is 1. The highest BCUT2D eigenvalue weighted by atomic mass is 32.2. The molecule has 0 aromatic heterocycles. The van der Waals surface area contributed by atoms with E-state index in [9.17, 15) is 23.3 Å². The summed E-state index contributed by atoms with van der Waals surface area (Å²) in [6.07, 6.45) is 3.90. The van der Waals surface area contributed by atoms with Crippen LogP contribution in [0.5, 0.6) is 0 Å². The van der Waals surface area contributed by atoms with Gasteiger partial charge in [0.05, 0.1) is 16.5 Å². The predicted molar refractivity (Wildman–Crippen MR) is 92.5 cm³/mol. The minimum absolute atomic E-state index is 0.0155. The Hall–Kier alpha value is -2.44. The molecule has 1 aliphatic carbocycles. The molecule has 1 aromatic carbocycles. The lowest BCUT2D eigenvalue weighted by Crippen LogP contribution is -2.50. The second-order valence-corrected chi connectivity index (χ2v) is 8.00. The maximum Gasteiger partial charge on any atom is 0.338 e. The van der Waals surface area contributed by atoms with E-state index in [-0.39, 0.29) is 10.5 Å². The van der Waals surface area contributed by atoms with Crippen LogP contribution >= 0.6 is 0 Å². The molecule has 8 nitrogen and oxygen atoms in total. The minimum Gasteiger partial charge on any atom is -0.452 e. The van der Waals surface area contributed by atoms with E-state index in [0.717, 1.165) is 19.3 Å². The lowest BCUT2D eigenvalue weighted by molar-refractivity contribution is -0.125. The van der Waals surface area contributed by atoms with E-state index in [1.54, 1.807) is 0 Å². The van der Waals surface area contributed by atoms with E-state index < -0.39 is 34.0 Å². The van der Waals surface area contributed by atoms with Crippen molar-refractivity contribution in [1.82, 2.24) is 10.0 Å². The normalized spacial score (nSPS) is 16.3. The predicted octanol–water partition coefficient (Wildman–Crippen LogP) is 1.09. The SMILES string of the molecule is CNS(=O)(=O)c1cccc(C(=O)OCC(=O)NC2(C#N)CCCCC2)c1. The molecule has 26 heavy (non-hydrogen) atoms. The first-order valence-electron chi connectivity index (χ1n) is 8.25. The first kappa shape index (κ1) is 19.9. The Morgan fingerprint density at radius 3 is 2.58 bits per heavy atom. The molecule has 0 saturated heterocycles. The van der Waals surface area contributed by atoms with Crippen LogP contribution in [0, 0.1) is 11.3 Å². The number of nitriles is 1. The second-order valence-electron chi connectivity index (χ2n) is 6.11. The molecule has 0 spiro atoms. The molecule has 0 heterocycles. The van der Waals surface area contributed by atoms with Crippen LogP contribution in [0.2, 0.25) is 0 Å². The van der Waals surface area contributed by atoms with Crippen LogP contribution in [0.1, 0.15) is 42.5 Å². The number of carbonyl (C=O) groups excluding carboxylic acids is 2. The maximum absolute atomic E-state index is 12.1. The van der Waals surface area contributed by atoms with Crippen molar-refractivity contribution in [1.29, 1.82) is 5.26 Å². The number of nitrogens with one attached hydrogen (secondary N) is 2. The van der Waals surface area contributed by atoms with Gasteiger partial charge in [-0.05, 0) is 38.1 Å². The number of rotatable bonds is 6. The molecule has 2 rings (SSSR count). The van der Waals surface area contributed by atoms with E-state index in [2.05, 4.69) is 16.1 Å². The molecular formula is C17H21N3O5S. The van der Waals surface area contributed by atoms with Crippen LogP contribution in [-0.2, 0) is 19.6 Å². The van der Waals surface area contributed by atoms with Gasteiger partial charge in [-0.2, -0.15) is 5.26 Å². The van der Waals surface area contributed by atoms with Gasteiger partial charge in [-0.3, -0.25) is 4.79 Å². The monoisotopic (exact) mass is 379 g/mol. The zero-order chi connectivity index (χ0) is 19.2. The molecule has 1 saturated carbocycles. The van der Waals surface area contributed by atoms with Crippen molar-refractivity contribution >= 4 is 21.9 Å². The lowest BCUT2D eigenvalue weighted by Gasteiger charge is -2.31. The Balaban J connectivity index is 1.97. The van der Waals surface area contributed by atoms with Crippen LogP contribution in [0.3, 0.4) is 0 Å². The minimum atomic E-state index is -3.69. The standard InChI is InChI=1S/C17H21N3O5S/c1-19-26(23,24)14-7-5-6-13(10-14)16(22)25-11-15(21)20-17(12-18)8-3-2-4-9-17/h5-7,10,19H,2-4,8-9,11H2,1H3,(H,20,21). The number of benzene rings is 1. The van der Waals surface area contributed by atoms with Gasteiger partial charge in [0.15, 0.2) is 6.61 Å². The molecule has 0 radical (unpaired) electrons. The molecule has 9 heteroatoms. The summed E-state index contributed by atoms with van der Waals surface area (Å²) >= 11 is 0. The Bertz CT molecular complexity index is 823. The first-order valence-corrected chi connectivity index (χ1v) is 9.73. The van der Waals surface area contributed by atoms with Crippen molar-refractivity contribution in [3.8, 4) is 6.07 Å². The van der Waals surface area contributed by atoms with E-state index in [1.165, 1.54) is 31.3 Å². The van der Waals surface area contributed by atoms with Crippen molar-refractivity contribution in [2.45, 2.75) is 42.5 Å². The number of carbonyl (C=O) groups is 2. The van der Waals surface area contributed by atoms with Crippen molar-refractivity contribution in [3.63, 3.8) is 0 Å². The zero-order valence-electron chi connectivity index (χ0n) is 14.4. The Kier molecular flexibility index (Phi) is 6.34. The zero-order valence-corrected chi connectivity index (χ0v) is 15.3. The quantitative estimate of drug-likeness (QED) is 0.713. The Morgan fingerprint density at radius 2 is 1.96 bits per heavy atom. The van der Waals surface area contributed by atoms with Crippen LogP contribution in [-0.4, -0.2) is 39.5 Å². The second kappa shape index (κ2) is 8.29. The number of hydrogen-bond acceptors (Lipinski definition) is 6. The summed E-state index contributed by atoms with van der Waals surface area (Å²) in [5.74, 6) is -1.37. The van der Waals surface area contributed by atoms with Crippen molar-refractivity contribution in [2.24, 2.45) is 0 Å². The van der Waals surface area contributed by atoms with Gasteiger partial charge in [-0.15, -0.1) is 0 Å². The summed E-state index contributed by atoms with van der Waals surface area (Å²) in [6.45, 7) is -0.536. The topological polar surface area (TPSA) is 125 Å². The fourth-order valence-corrected chi connectivity index (χ4v) is 3.62. The summed E-state index contributed by atoms with van der Waals surface area (Å²) in [4.78, 5) is 24.0. The molecule has 0 bridgehead atoms. The highest BCUT2D eigenvalue weighted by Gasteiger charge is 2.33. The van der Waals surface area contributed by atoms with Crippen molar-refractivity contribution in [2.75, 3.05) is 13.7 Å². The average Bonchev–Trinajstić information content (AvgIpc) is 2.67. The van der Waals surface area contributed by atoms with Gasteiger partial charge in [0, 0.05) is 0 Å². The van der Waals surface area contributed by atoms with Gasteiger partial charge in [0.25, 0.3) is 5.91 Å². The summed E-state index contributed by atoms with van der Waals surface area (Å²) in [5, 5.41) is 12.0. The number of ether oxygens (including phenoxy) is 1. The molecule has 0 aliphatic heterocycles. The number of esters is 1. The van der Waals surface area contributed by atoms with E-state index in [0.29, 0.717) is 12.8 Å². The third kappa shape index (κ3) is 4.80. The Labute approximate surface area is 152 Å². The van der Waals surface area contributed by atoms with Crippen LogP contribution in [0.15, 0.2) is 29.2 Å². The van der Waals surface area contributed by atoms with Crippen LogP contribution in [0.4, 0.5) is 0 Å². The molecule has 1 aliphatic rings. The van der Waals surface area contributed by atoms with Crippen molar-refractivity contribution < 1.29 is 22.7 Å². The molecule has 0 atom stereocenters. The van der Waals surface area contributed by atoms with Crippen molar-refractivity contribution in [3.05, 3.63) is 29.8 Å². The van der Waals surface area contributed by atoms with E-state index >= 15 is 0 Å². The maximum atomic E-state index is 12.1. The average molecular weight is 379 g/mol. The number of sulfonamides is 1. The summed E-state index contributed by atoms with van der Waals surface area (Å²) in [5.41, 5.74) is -0.885. The summed E-state index contributed by atoms with van der Waals surface area (Å²) in [7, 11) is -2.42. The van der Waals surface area contributed by atoms with Gasteiger partial charge in [-0.1, -0.05) is 25.3 Å². The molecule has 1 fully saturated rings. The molecular weight excluding hydrogens is 358 g/mol. The largest absolute Gasteiger partial charge is 0.452 e. The molecule has 1 amide bonds. The van der Waals surface area contributed by atoms with Gasteiger partial charge < -0.3 is 10.1 Å². The van der Waals surface area contributed by atoms with Crippen LogP contribution in [0.25, 0.3) is 0 Å². The highest BCUT2D eigenvalue weighted by molar-refractivity contribution is 7.89. The van der Waals surface area contributed by atoms with Gasteiger partial charge in [-0.25, -0.2) is 17.9 Å². The van der Waals surface area contributed by atoms with Gasteiger partial charge >= 0.3 is 5.97 Å². The van der Waals surface area contributed by atoms with Gasteiger partial charge in [0.2, 0.25) is 10.0 Å².